The number of fused-ring (bicyclic) bond motifs is 1. The van der Waals surface area contributed by atoms with Gasteiger partial charge in [-0.2, -0.15) is 5.26 Å². The predicted octanol–water partition coefficient (Wildman–Crippen LogP) is 4.10. The zero-order valence-corrected chi connectivity index (χ0v) is 18.1. The first-order valence-electron chi connectivity index (χ1n) is 10.2. The van der Waals surface area contributed by atoms with Crippen molar-refractivity contribution in [1.82, 2.24) is 10.2 Å². The van der Waals surface area contributed by atoms with Gasteiger partial charge in [0.1, 0.15) is 17.4 Å². The number of aromatic amines is 1. The first kappa shape index (κ1) is 21.1. The molecule has 2 heterocycles. The van der Waals surface area contributed by atoms with E-state index in [0.717, 1.165) is 34.6 Å². The molecular weight excluding hydrogens is 408 g/mol. The number of aromatic nitrogens is 2. The second kappa shape index (κ2) is 8.94. The lowest BCUT2D eigenvalue weighted by Crippen LogP contribution is -2.21. The predicted molar refractivity (Wildman–Crippen MR) is 119 cm³/mol. The van der Waals surface area contributed by atoms with Gasteiger partial charge >= 0.3 is 0 Å². The quantitative estimate of drug-likeness (QED) is 0.577. The molecule has 0 saturated heterocycles. The highest BCUT2D eigenvalue weighted by Gasteiger charge is 2.36. The number of rotatable bonds is 7. The van der Waals surface area contributed by atoms with E-state index in [9.17, 15) is 5.26 Å². The van der Waals surface area contributed by atoms with Crippen LogP contribution in [0.2, 0.25) is 0 Å². The molecule has 1 aliphatic heterocycles. The van der Waals surface area contributed by atoms with Crippen molar-refractivity contribution in [1.29, 1.82) is 5.26 Å². The van der Waals surface area contributed by atoms with E-state index >= 15 is 0 Å². The number of methoxy groups -OCH3 is 2. The van der Waals surface area contributed by atoms with Crippen LogP contribution >= 0.6 is 0 Å². The van der Waals surface area contributed by atoms with Crippen molar-refractivity contribution in [3.63, 3.8) is 0 Å². The van der Waals surface area contributed by atoms with E-state index in [1.807, 2.05) is 36.4 Å². The Balaban J connectivity index is 1.83. The lowest BCUT2D eigenvalue weighted by molar-refractivity contribution is 0.317. The molecule has 1 aliphatic rings. The first-order valence-corrected chi connectivity index (χ1v) is 10.2. The molecule has 2 aromatic carbocycles. The summed E-state index contributed by atoms with van der Waals surface area (Å²) < 4.78 is 22.2. The molecule has 0 aliphatic carbocycles. The zero-order valence-electron chi connectivity index (χ0n) is 18.1. The Kier molecular flexibility index (Phi) is 5.90. The smallest absolute Gasteiger partial charge is 0.244 e. The van der Waals surface area contributed by atoms with Gasteiger partial charge in [0.05, 0.1) is 38.0 Å². The van der Waals surface area contributed by atoms with Gasteiger partial charge in [-0.25, -0.2) is 0 Å². The summed E-state index contributed by atoms with van der Waals surface area (Å²) in [5, 5.41) is 17.3. The topological polar surface area (TPSA) is 115 Å². The van der Waals surface area contributed by atoms with E-state index in [0.29, 0.717) is 29.6 Å². The van der Waals surface area contributed by atoms with E-state index in [-0.39, 0.29) is 5.88 Å². The van der Waals surface area contributed by atoms with Crippen LogP contribution in [0.25, 0.3) is 11.3 Å². The minimum atomic E-state index is -0.492. The Labute approximate surface area is 186 Å². The summed E-state index contributed by atoms with van der Waals surface area (Å²) in [4.78, 5) is 0. The van der Waals surface area contributed by atoms with E-state index in [2.05, 4.69) is 23.2 Å². The van der Waals surface area contributed by atoms with Gasteiger partial charge in [0.25, 0.3) is 0 Å². The second-order valence-electron chi connectivity index (χ2n) is 7.23. The maximum Gasteiger partial charge on any atom is 0.244 e. The van der Waals surface area contributed by atoms with Crippen molar-refractivity contribution < 1.29 is 18.9 Å². The van der Waals surface area contributed by atoms with E-state index < -0.39 is 5.92 Å². The summed E-state index contributed by atoms with van der Waals surface area (Å²) in [7, 11) is 3.14. The lowest BCUT2D eigenvalue weighted by atomic mass is 9.83. The van der Waals surface area contributed by atoms with Crippen molar-refractivity contribution in [3.8, 4) is 40.5 Å². The zero-order chi connectivity index (χ0) is 22.7. The number of H-pyrrole nitrogens is 1. The highest BCUT2D eigenvalue weighted by atomic mass is 16.5. The summed E-state index contributed by atoms with van der Waals surface area (Å²) >= 11 is 0. The SMILES string of the molecule is CCCOc1ccc(-c2[nH]nc3c2[C@@H](c2ccc(OC)c(OC)c2)C(C#N)=C(N)O3)cc1. The molecule has 0 spiro atoms. The average molecular weight is 432 g/mol. The monoisotopic (exact) mass is 432 g/mol. The van der Waals surface area contributed by atoms with Crippen molar-refractivity contribution in [2.75, 3.05) is 20.8 Å². The van der Waals surface area contributed by atoms with Crippen LogP contribution in [0.1, 0.15) is 30.4 Å². The minimum absolute atomic E-state index is 0.0288. The molecule has 0 unspecified atom stereocenters. The standard InChI is InChI=1S/C24H24N4O4/c1-4-11-31-16-8-5-14(6-9-16)22-21-20(15-7-10-18(29-2)19(12-15)30-3)17(13-25)23(26)32-24(21)28-27-22/h5-10,12,20H,4,11,26H2,1-3H3,(H,27,28)/t20-/m0/s1. The van der Waals surface area contributed by atoms with Gasteiger partial charge in [-0.3, -0.25) is 5.10 Å². The number of nitriles is 1. The largest absolute Gasteiger partial charge is 0.494 e. The van der Waals surface area contributed by atoms with Crippen LogP contribution < -0.4 is 24.7 Å². The van der Waals surface area contributed by atoms with Gasteiger partial charge in [-0.1, -0.05) is 13.0 Å². The number of hydrogen-bond acceptors (Lipinski definition) is 7. The summed E-state index contributed by atoms with van der Waals surface area (Å²) in [6.45, 7) is 2.72. The van der Waals surface area contributed by atoms with E-state index in [4.69, 9.17) is 24.7 Å². The minimum Gasteiger partial charge on any atom is -0.494 e. The molecule has 0 saturated carbocycles. The molecule has 8 nitrogen and oxygen atoms in total. The third-order valence-corrected chi connectivity index (χ3v) is 5.30. The number of nitrogens with zero attached hydrogens (tertiary/aromatic N) is 2. The summed E-state index contributed by atoms with van der Waals surface area (Å²) in [5.41, 5.74) is 9.53. The molecule has 32 heavy (non-hydrogen) atoms. The van der Waals surface area contributed by atoms with Crippen LogP contribution in [0, 0.1) is 11.3 Å². The molecule has 8 heteroatoms. The molecule has 3 aromatic rings. The molecule has 3 N–H and O–H groups in total. The number of ether oxygens (including phenoxy) is 4. The summed E-state index contributed by atoms with van der Waals surface area (Å²) in [6, 6.07) is 15.4. The first-order chi connectivity index (χ1) is 15.6. The highest BCUT2D eigenvalue weighted by Crippen LogP contribution is 2.47. The van der Waals surface area contributed by atoms with Crippen LogP contribution in [0.3, 0.4) is 0 Å². The fraction of sp³-hybridized carbons (Fsp3) is 0.250. The fourth-order valence-corrected chi connectivity index (χ4v) is 3.77. The molecule has 0 fully saturated rings. The third-order valence-electron chi connectivity index (χ3n) is 5.30. The van der Waals surface area contributed by atoms with Gasteiger partial charge in [0.15, 0.2) is 11.5 Å². The highest BCUT2D eigenvalue weighted by molar-refractivity contribution is 5.71. The Morgan fingerprint density at radius 1 is 1.12 bits per heavy atom. The number of benzene rings is 2. The van der Waals surface area contributed by atoms with Gasteiger partial charge in [0, 0.05) is 5.56 Å². The van der Waals surface area contributed by atoms with Gasteiger partial charge in [-0.15, -0.1) is 5.10 Å². The summed E-state index contributed by atoms with van der Waals surface area (Å²) in [5.74, 6) is 1.81. The van der Waals surface area contributed by atoms with E-state index in [1.165, 1.54) is 0 Å². The van der Waals surface area contributed by atoms with Crippen LogP contribution in [-0.2, 0) is 0 Å². The Bertz CT molecular complexity index is 1190. The molecular formula is C24H24N4O4. The van der Waals surface area contributed by atoms with Crippen LogP contribution in [-0.4, -0.2) is 31.0 Å². The average Bonchev–Trinajstić information content (AvgIpc) is 3.24. The number of allylic oxidation sites excluding steroid dienone is 1. The molecule has 1 aromatic heterocycles. The van der Waals surface area contributed by atoms with Crippen molar-refractivity contribution in [2.24, 2.45) is 5.73 Å². The molecule has 164 valence electrons. The Hall–Kier alpha value is -4.12. The van der Waals surface area contributed by atoms with Crippen LogP contribution in [0.4, 0.5) is 0 Å². The van der Waals surface area contributed by atoms with Crippen molar-refractivity contribution in [2.45, 2.75) is 19.3 Å². The number of hydrogen-bond donors (Lipinski definition) is 2. The molecule has 0 radical (unpaired) electrons. The second-order valence-corrected chi connectivity index (χ2v) is 7.23. The third kappa shape index (κ3) is 3.69. The number of nitrogens with two attached hydrogens (primary N) is 1. The maximum absolute atomic E-state index is 9.89. The van der Waals surface area contributed by atoms with Crippen LogP contribution in [0.5, 0.6) is 23.1 Å². The Morgan fingerprint density at radius 3 is 2.53 bits per heavy atom. The van der Waals surface area contributed by atoms with Gasteiger partial charge in [-0.05, 0) is 48.4 Å². The summed E-state index contributed by atoms with van der Waals surface area (Å²) in [6.07, 6.45) is 0.935. The van der Waals surface area contributed by atoms with Crippen molar-refractivity contribution in [3.05, 3.63) is 65.0 Å². The fourth-order valence-electron chi connectivity index (χ4n) is 3.77. The molecule has 1 atom stereocenters. The lowest BCUT2D eigenvalue weighted by Gasteiger charge is -2.24. The Morgan fingerprint density at radius 2 is 1.88 bits per heavy atom. The van der Waals surface area contributed by atoms with E-state index in [1.54, 1.807) is 20.3 Å². The normalized spacial score (nSPS) is 14.9. The van der Waals surface area contributed by atoms with Crippen molar-refractivity contribution >= 4 is 0 Å². The number of nitrogens with one attached hydrogen (secondary N) is 1. The van der Waals surface area contributed by atoms with Gasteiger partial charge in [0.2, 0.25) is 11.8 Å². The maximum atomic E-state index is 9.89. The molecule has 0 amide bonds. The molecule has 0 bridgehead atoms. The van der Waals surface area contributed by atoms with Gasteiger partial charge < -0.3 is 24.7 Å². The van der Waals surface area contributed by atoms with Crippen LogP contribution in [0.15, 0.2) is 53.9 Å². The molecule has 4 rings (SSSR count).